The Morgan fingerprint density at radius 3 is 2.86 bits per heavy atom. The topological polar surface area (TPSA) is 28.2 Å². The largest absolute Gasteiger partial charge is 0.347 e. The van der Waals surface area contributed by atoms with Gasteiger partial charge in [0.25, 0.3) is 0 Å². The second-order valence-electron chi connectivity index (χ2n) is 4.66. The van der Waals surface area contributed by atoms with E-state index >= 15 is 0 Å². The van der Waals surface area contributed by atoms with Gasteiger partial charge in [-0.15, -0.1) is 11.3 Å². The smallest absolute Gasteiger partial charge is 0.185 e. The van der Waals surface area contributed by atoms with Gasteiger partial charge in [0.2, 0.25) is 0 Å². The average Bonchev–Trinajstić information content (AvgIpc) is 2.49. The first-order valence-electron chi connectivity index (χ1n) is 4.95. The highest BCUT2D eigenvalue weighted by Gasteiger charge is 2.35. The maximum absolute atomic E-state index is 4.43. The third-order valence-corrected chi connectivity index (χ3v) is 3.46. The fraction of sp³-hybridized carbons (Fsp3) is 0.700. The van der Waals surface area contributed by atoms with E-state index in [2.05, 4.69) is 29.0 Å². The van der Waals surface area contributed by atoms with Crippen LogP contribution in [0.15, 0.2) is 6.20 Å². The van der Waals surface area contributed by atoms with Crippen molar-refractivity contribution in [3.63, 3.8) is 0 Å². The van der Waals surface area contributed by atoms with E-state index in [1.807, 2.05) is 13.2 Å². The molecule has 1 N–H and O–H groups in total. The predicted molar refractivity (Wildman–Crippen MR) is 60.9 cm³/mol. The molecule has 2 heterocycles. The second kappa shape index (κ2) is 3.51. The van der Waals surface area contributed by atoms with Gasteiger partial charge in [0.15, 0.2) is 5.13 Å². The van der Waals surface area contributed by atoms with E-state index in [0.29, 0.717) is 5.41 Å². The summed E-state index contributed by atoms with van der Waals surface area (Å²) in [5, 5.41) is 4.32. The minimum absolute atomic E-state index is 0.481. The van der Waals surface area contributed by atoms with Crippen LogP contribution < -0.4 is 10.2 Å². The fourth-order valence-corrected chi connectivity index (χ4v) is 2.74. The van der Waals surface area contributed by atoms with Crippen LogP contribution in [0.4, 0.5) is 5.13 Å². The molecule has 14 heavy (non-hydrogen) atoms. The number of hydrogen-bond acceptors (Lipinski definition) is 4. The monoisotopic (exact) mass is 211 g/mol. The van der Waals surface area contributed by atoms with Crippen LogP contribution in [-0.2, 0) is 6.54 Å². The molecule has 2 rings (SSSR count). The highest BCUT2D eigenvalue weighted by molar-refractivity contribution is 7.15. The molecule has 1 aromatic heterocycles. The van der Waals surface area contributed by atoms with Gasteiger partial charge in [-0.05, 0) is 12.5 Å². The predicted octanol–water partition coefficient (Wildman–Crippen LogP) is 1.71. The van der Waals surface area contributed by atoms with Crippen molar-refractivity contribution in [1.82, 2.24) is 10.3 Å². The van der Waals surface area contributed by atoms with Crippen LogP contribution in [-0.4, -0.2) is 25.1 Å². The summed E-state index contributed by atoms with van der Waals surface area (Å²) in [7, 11) is 1.96. The molecule has 1 aliphatic heterocycles. The molecular weight excluding hydrogens is 194 g/mol. The van der Waals surface area contributed by atoms with Gasteiger partial charge in [-0.25, -0.2) is 4.98 Å². The molecule has 0 bridgehead atoms. The van der Waals surface area contributed by atoms with Crippen LogP contribution >= 0.6 is 11.3 Å². The van der Waals surface area contributed by atoms with E-state index in [1.54, 1.807) is 11.3 Å². The summed E-state index contributed by atoms with van der Waals surface area (Å²) < 4.78 is 0. The molecular formula is C10H17N3S. The Kier molecular flexibility index (Phi) is 2.49. The minimum Gasteiger partial charge on any atom is -0.347 e. The maximum Gasteiger partial charge on any atom is 0.185 e. The van der Waals surface area contributed by atoms with E-state index in [9.17, 15) is 0 Å². The number of anilines is 1. The van der Waals surface area contributed by atoms with Crippen molar-refractivity contribution >= 4 is 16.5 Å². The average molecular weight is 211 g/mol. The normalized spacial score (nSPS) is 19.5. The third-order valence-electron chi connectivity index (χ3n) is 2.40. The molecule has 0 radical (unpaired) electrons. The van der Waals surface area contributed by atoms with Crippen LogP contribution in [0.25, 0.3) is 0 Å². The van der Waals surface area contributed by atoms with Crippen molar-refractivity contribution < 1.29 is 0 Å². The Labute approximate surface area is 89.1 Å². The molecule has 1 aliphatic rings. The lowest BCUT2D eigenvalue weighted by Gasteiger charge is -2.45. The molecule has 0 aromatic carbocycles. The first kappa shape index (κ1) is 9.93. The van der Waals surface area contributed by atoms with Crippen molar-refractivity contribution in [3.05, 3.63) is 11.1 Å². The molecule has 0 unspecified atom stereocenters. The molecule has 0 saturated carbocycles. The number of nitrogens with zero attached hydrogens (tertiary/aromatic N) is 2. The summed E-state index contributed by atoms with van der Waals surface area (Å²) in [5.74, 6) is 0. The van der Waals surface area contributed by atoms with Gasteiger partial charge in [0.05, 0.1) is 0 Å². The highest BCUT2D eigenvalue weighted by Crippen LogP contribution is 2.35. The lowest BCUT2D eigenvalue weighted by Crippen LogP contribution is -2.53. The van der Waals surface area contributed by atoms with Crippen LogP contribution in [0.1, 0.15) is 18.7 Å². The molecule has 0 spiro atoms. The zero-order valence-corrected chi connectivity index (χ0v) is 9.82. The van der Waals surface area contributed by atoms with Crippen LogP contribution in [0.2, 0.25) is 0 Å². The first-order valence-corrected chi connectivity index (χ1v) is 5.77. The number of aromatic nitrogens is 1. The molecule has 1 aromatic rings. The zero-order chi connectivity index (χ0) is 10.2. The van der Waals surface area contributed by atoms with Gasteiger partial charge in [-0.2, -0.15) is 0 Å². The lowest BCUT2D eigenvalue weighted by molar-refractivity contribution is 0.276. The van der Waals surface area contributed by atoms with Gasteiger partial charge in [0.1, 0.15) is 0 Å². The molecule has 78 valence electrons. The lowest BCUT2D eigenvalue weighted by atomic mass is 9.85. The van der Waals surface area contributed by atoms with Crippen molar-refractivity contribution in [2.45, 2.75) is 20.4 Å². The first-order chi connectivity index (χ1) is 6.61. The molecule has 1 fully saturated rings. The molecule has 0 amide bonds. The van der Waals surface area contributed by atoms with Crippen molar-refractivity contribution in [2.75, 3.05) is 25.0 Å². The minimum atomic E-state index is 0.481. The quantitative estimate of drug-likeness (QED) is 0.825. The van der Waals surface area contributed by atoms with Crippen LogP contribution in [0.5, 0.6) is 0 Å². The number of rotatable bonds is 3. The van der Waals surface area contributed by atoms with Crippen molar-refractivity contribution in [2.24, 2.45) is 5.41 Å². The van der Waals surface area contributed by atoms with Gasteiger partial charge in [-0.1, -0.05) is 13.8 Å². The second-order valence-corrected chi connectivity index (χ2v) is 5.75. The number of hydrogen-bond donors (Lipinski definition) is 1. The Balaban J connectivity index is 1.98. The summed E-state index contributed by atoms with van der Waals surface area (Å²) >= 11 is 1.79. The van der Waals surface area contributed by atoms with Gasteiger partial charge < -0.3 is 10.2 Å². The Morgan fingerprint density at radius 2 is 2.29 bits per heavy atom. The van der Waals surface area contributed by atoms with Crippen LogP contribution in [0.3, 0.4) is 0 Å². The van der Waals surface area contributed by atoms with Gasteiger partial charge >= 0.3 is 0 Å². The Bertz CT molecular complexity index is 311. The summed E-state index contributed by atoms with van der Waals surface area (Å²) in [6.45, 7) is 7.80. The standard InChI is InChI=1S/C10H17N3S/c1-10(2)6-13(7-10)9-12-5-8(14-9)4-11-3/h5,11H,4,6-7H2,1-3H3. The summed E-state index contributed by atoms with van der Waals surface area (Å²) in [6, 6.07) is 0. The third kappa shape index (κ3) is 1.91. The van der Waals surface area contributed by atoms with Gasteiger partial charge in [-0.3, -0.25) is 0 Å². The number of thiazole rings is 1. The van der Waals surface area contributed by atoms with Crippen LogP contribution in [0, 0.1) is 5.41 Å². The van der Waals surface area contributed by atoms with Gasteiger partial charge in [0, 0.05) is 30.7 Å². The molecule has 0 aliphatic carbocycles. The highest BCUT2D eigenvalue weighted by atomic mass is 32.1. The number of nitrogens with one attached hydrogen (secondary N) is 1. The summed E-state index contributed by atoms with van der Waals surface area (Å²) in [4.78, 5) is 8.09. The molecule has 0 atom stereocenters. The summed E-state index contributed by atoms with van der Waals surface area (Å²) in [6.07, 6.45) is 1.97. The Hall–Kier alpha value is -0.610. The zero-order valence-electron chi connectivity index (χ0n) is 9.00. The van der Waals surface area contributed by atoms with E-state index in [4.69, 9.17) is 0 Å². The van der Waals surface area contributed by atoms with Crippen molar-refractivity contribution in [3.8, 4) is 0 Å². The van der Waals surface area contributed by atoms with Crippen molar-refractivity contribution in [1.29, 1.82) is 0 Å². The molecule has 1 saturated heterocycles. The molecule has 3 nitrogen and oxygen atoms in total. The maximum atomic E-state index is 4.43. The van der Waals surface area contributed by atoms with E-state index in [-0.39, 0.29) is 0 Å². The van der Waals surface area contributed by atoms with E-state index in [0.717, 1.165) is 19.6 Å². The molecule has 4 heteroatoms. The summed E-state index contributed by atoms with van der Waals surface area (Å²) in [5.41, 5.74) is 0.481. The SMILES string of the molecule is CNCc1cnc(N2CC(C)(C)C2)s1. The van der Waals surface area contributed by atoms with E-state index in [1.165, 1.54) is 10.0 Å². The fourth-order valence-electron chi connectivity index (χ4n) is 1.82. The Morgan fingerprint density at radius 1 is 1.57 bits per heavy atom. The van der Waals surface area contributed by atoms with E-state index < -0.39 is 0 Å².